The second-order valence-electron chi connectivity index (χ2n) is 12.4. The summed E-state index contributed by atoms with van der Waals surface area (Å²) >= 11 is 0. The molecular weight excluding hydrogens is 585 g/mol. The van der Waals surface area contributed by atoms with Gasteiger partial charge in [0.1, 0.15) is 22.5 Å². The highest BCUT2D eigenvalue weighted by Gasteiger charge is 2.24. The zero-order valence-corrected chi connectivity index (χ0v) is 26.0. The summed E-state index contributed by atoms with van der Waals surface area (Å²) in [6.45, 7) is 0. The molecule has 0 radical (unpaired) electrons. The van der Waals surface area contributed by atoms with Crippen LogP contribution in [0.2, 0.25) is 0 Å². The van der Waals surface area contributed by atoms with Crippen molar-refractivity contribution in [2.45, 2.75) is 0 Å². The smallest absolute Gasteiger partial charge is 0.143 e. The second kappa shape index (κ2) is 10.6. The third-order valence-electron chi connectivity index (χ3n) is 9.68. The van der Waals surface area contributed by atoms with Gasteiger partial charge in [-0.15, -0.1) is 0 Å². The Morgan fingerprint density at radius 1 is 0.250 bits per heavy atom. The molecule has 0 saturated heterocycles. The van der Waals surface area contributed by atoms with Crippen molar-refractivity contribution in [2.75, 3.05) is 0 Å². The van der Waals surface area contributed by atoms with Gasteiger partial charge in [0.2, 0.25) is 0 Å². The standard InChI is InChI=1S/C46H28O2/c1-3-13-29(14-4-1)31-23-25-42-39(27-31)45(46(48-42)30-15-5-2-6-16-30)44-36-20-9-7-18-34(36)43(35-19-8-10-21-37(35)44)32-24-26-41-38(28-32)33-17-11-12-22-40(33)47-41/h1-28H. The van der Waals surface area contributed by atoms with Crippen molar-refractivity contribution in [3.05, 3.63) is 170 Å². The van der Waals surface area contributed by atoms with Crippen molar-refractivity contribution in [1.29, 1.82) is 0 Å². The molecule has 224 valence electrons. The third-order valence-corrected chi connectivity index (χ3v) is 9.68. The monoisotopic (exact) mass is 612 g/mol. The maximum atomic E-state index is 6.81. The van der Waals surface area contributed by atoms with Crippen LogP contribution in [0.1, 0.15) is 0 Å². The van der Waals surface area contributed by atoms with E-state index in [2.05, 4.69) is 158 Å². The van der Waals surface area contributed by atoms with E-state index in [1.807, 2.05) is 12.1 Å². The van der Waals surface area contributed by atoms with E-state index in [1.165, 1.54) is 43.8 Å². The van der Waals surface area contributed by atoms with Gasteiger partial charge in [-0.3, -0.25) is 0 Å². The Morgan fingerprint density at radius 2 is 0.729 bits per heavy atom. The summed E-state index contributed by atoms with van der Waals surface area (Å²) in [6, 6.07) is 60.2. The molecule has 10 rings (SSSR count). The summed E-state index contributed by atoms with van der Waals surface area (Å²) in [5, 5.41) is 8.13. The summed E-state index contributed by atoms with van der Waals surface area (Å²) in [4.78, 5) is 0. The minimum atomic E-state index is 0.873. The van der Waals surface area contributed by atoms with Crippen LogP contribution in [0, 0.1) is 0 Å². The van der Waals surface area contributed by atoms with Gasteiger partial charge in [0.25, 0.3) is 0 Å². The van der Waals surface area contributed by atoms with Crippen molar-refractivity contribution in [3.63, 3.8) is 0 Å². The summed E-state index contributed by atoms with van der Waals surface area (Å²) in [5.41, 5.74) is 10.8. The number of furan rings is 2. The third kappa shape index (κ3) is 4.06. The Hall–Kier alpha value is -6.38. The summed E-state index contributed by atoms with van der Waals surface area (Å²) in [5.74, 6) is 0.880. The largest absolute Gasteiger partial charge is 0.456 e. The zero-order valence-electron chi connectivity index (χ0n) is 26.0. The predicted octanol–water partition coefficient (Wildman–Crippen LogP) is 13.3. The van der Waals surface area contributed by atoms with E-state index in [1.54, 1.807) is 0 Å². The lowest BCUT2D eigenvalue weighted by Crippen LogP contribution is -1.91. The molecule has 0 bridgehead atoms. The Labute approximate surface area is 277 Å². The topological polar surface area (TPSA) is 26.3 Å². The van der Waals surface area contributed by atoms with Crippen molar-refractivity contribution in [1.82, 2.24) is 0 Å². The van der Waals surface area contributed by atoms with E-state index in [9.17, 15) is 0 Å². The first kappa shape index (κ1) is 26.8. The van der Waals surface area contributed by atoms with Gasteiger partial charge in [-0.2, -0.15) is 0 Å². The average molecular weight is 613 g/mol. The summed E-state index contributed by atoms with van der Waals surface area (Å²) in [6.07, 6.45) is 0. The lowest BCUT2D eigenvalue weighted by molar-refractivity contribution is 0.632. The number of hydrogen-bond acceptors (Lipinski definition) is 2. The van der Waals surface area contributed by atoms with Gasteiger partial charge in [0, 0.05) is 32.8 Å². The fourth-order valence-corrected chi connectivity index (χ4v) is 7.54. The van der Waals surface area contributed by atoms with Crippen molar-refractivity contribution in [3.8, 4) is 44.7 Å². The molecule has 0 spiro atoms. The van der Waals surface area contributed by atoms with Crippen LogP contribution in [0.4, 0.5) is 0 Å². The molecule has 0 aliphatic carbocycles. The molecule has 8 aromatic carbocycles. The van der Waals surface area contributed by atoms with E-state index in [0.29, 0.717) is 0 Å². The van der Waals surface area contributed by atoms with Crippen molar-refractivity contribution >= 4 is 54.5 Å². The van der Waals surface area contributed by atoms with Crippen LogP contribution in [-0.4, -0.2) is 0 Å². The van der Waals surface area contributed by atoms with Crippen LogP contribution in [0.3, 0.4) is 0 Å². The molecule has 0 saturated carbocycles. The predicted molar refractivity (Wildman–Crippen MR) is 200 cm³/mol. The van der Waals surface area contributed by atoms with E-state index < -0.39 is 0 Å². The van der Waals surface area contributed by atoms with Crippen LogP contribution in [0.15, 0.2) is 179 Å². The van der Waals surface area contributed by atoms with Crippen LogP contribution in [0.25, 0.3) is 99.2 Å². The number of fused-ring (bicyclic) bond motifs is 6. The molecule has 0 N–H and O–H groups in total. The second-order valence-corrected chi connectivity index (χ2v) is 12.4. The van der Waals surface area contributed by atoms with Crippen LogP contribution >= 0.6 is 0 Å². The fraction of sp³-hybridized carbons (Fsp3) is 0. The van der Waals surface area contributed by atoms with Gasteiger partial charge >= 0.3 is 0 Å². The van der Waals surface area contributed by atoms with Crippen LogP contribution in [-0.2, 0) is 0 Å². The highest BCUT2D eigenvalue weighted by molar-refractivity contribution is 6.25. The van der Waals surface area contributed by atoms with E-state index in [4.69, 9.17) is 8.83 Å². The highest BCUT2D eigenvalue weighted by atomic mass is 16.3. The number of hydrogen-bond donors (Lipinski definition) is 0. The first-order valence-corrected chi connectivity index (χ1v) is 16.3. The van der Waals surface area contributed by atoms with Gasteiger partial charge in [-0.05, 0) is 74.1 Å². The number of para-hydroxylation sites is 1. The van der Waals surface area contributed by atoms with Gasteiger partial charge < -0.3 is 8.83 Å². The van der Waals surface area contributed by atoms with Gasteiger partial charge in [-0.25, -0.2) is 0 Å². The molecule has 2 heterocycles. The molecule has 2 aromatic heterocycles. The van der Waals surface area contributed by atoms with Crippen LogP contribution in [0.5, 0.6) is 0 Å². The molecule has 0 atom stereocenters. The van der Waals surface area contributed by atoms with E-state index in [-0.39, 0.29) is 0 Å². The van der Waals surface area contributed by atoms with Gasteiger partial charge in [-0.1, -0.05) is 140 Å². The van der Waals surface area contributed by atoms with Gasteiger partial charge in [0.05, 0.1) is 0 Å². The highest BCUT2D eigenvalue weighted by Crippen LogP contribution is 2.50. The van der Waals surface area contributed by atoms with E-state index >= 15 is 0 Å². The minimum Gasteiger partial charge on any atom is -0.456 e. The van der Waals surface area contributed by atoms with Gasteiger partial charge in [0.15, 0.2) is 0 Å². The molecule has 0 unspecified atom stereocenters. The molecular formula is C46H28O2. The molecule has 0 aliphatic rings. The molecule has 2 nitrogen and oxygen atoms in total. The van der Waals surface area contributed by atoms with Crippen molar-refractivity contribution in [2.24, 2.45) is 0 Å². The molecule has 0 amide bonds. The Bertz CT molecular complexity index is 2760. The lowest BCUT2D eigenvalue weighted by Gasteiger charge is -2.18. The maximum Gasteiger partial charge on any atom is 0.143 e. The maximum absolute atomic E-state index is 6.81. The number of rotatable bonds is 4. The zero-order chi connectivity index (χ0) is 31.6. The number of benzene rings is 8. The normalized spacial score (nSPS) is 11.8. The molecule has 48 heavy (non-hydrogen) atoms. The Balaban J connectivity index is 1.33. The molecule has 0 aliphatic heterocycles. The fourth-order valence-electron chi connectivity index (χ4n) is 7.54. The molecule has 2 heteroatoms. The molecule has 10 aromatic rings. The quantitative estimate of drug-likeness (QED) is 0.185. The SMILES string of the molecule is c1ccc(-c2ccc3oc(-c4ccccc4)c(-c4c5ccccc5c(-c5ccc6oc7ccccc7c6c5)c5ccccc45)c3c2)cc1. The summed E-state index contributed by atoms with van der Waals surface area (Å²) in [7, 11) is 0. The Kier molecular flexibility index (Phi) is 5.91. The minimum absolute atomic E-state index is 0.873. The van der Waals surface area contributed by atoms with Crippen molar-refractivity contribution < 1.29 is 8.83 Å². The first-order chi connectivity index (χ1) is 23.8. The first-order valence-electron chi connectivity index (χ1n) is 16.3. The molecule has 0 fully saturated rings. The van der Waals surface area contributed by atoms with Crippen LogP contribution < -0.4 is 0 Å². The lowest BCUT2D eigenvalue weighted by atomic mass is 9.84. The Morgan fingerprint density at radius 3 is 1.40 bits per heavy atom. The summed E-state index contributed by atoms with van der Waals surface area (Å²) < 4.78 is 13.0. The average Bonchev–Trinajstić information content (AvgIpc) is 3.72. The van der Waals surface area contributed by atoms with E-state index in [0.717, 1.165) is 55.4 Å².